The second-order valence-electron chi connectivity index (χ2n) is 4.37. The summed E-state index contributed by atoms with van der Waals surface area (Å²) in [6.07, 6.45) is 1.53. The van der Waals surface area contributed by atoms with Crippen LogP contribution in [0.2, 0.25) is 5.02 Å². The smallest absolute Gasteiger partial charge is 0.211 e. The first kappa shape index (κ1) is 19.3. The zero-order valence-electron chi connectivity index (χ0n) is 11.9. The number of nitrogens with zero attached hydrogens (tertiary/aromatic N) is 2. The van der Waals surface area contributed by atoms with Crippen LogP contribution in [0.1, 0.15) is 11.1 Å². The largest absolute Gasteiger partial charge is 0.488 e. The van der Waals surface area contributed by atoms with Crippen LogP contribution in [0.15, 0.2) is 57.1 Å². The summed E-state index contributed by atoms with van der Waals surface area (Å²) >= 11 is 9.26. The minimum absolute atomic E-state index is 0. The van der Waals surface area contributed by atoms with Crippen molar-refractivity contribution in [3.63, 3.8) is 0 Å². The van der Waals surface area contributed by atoms with Crippen molar-refractivity contribution < 1.29 is 4.74 Å². The Kier molecular flexibility index (Phi) is 7.88. The number of hydrogen-bond acceptors (Lipinski definition) is 3. The standard InChI is InChI=1S/C15H14BrClN4O.ClH/c16-12-3-6-14(11(7-12)8-20-21-15(18)19)22-9-10-1-4-13(17)5-2-10;/h1-8H,9H2,(H4,18,19,21);1H/b20-8+;. The van der Waals surface area contributed by atoms with Gasteiger partial charge in [0.05, 0.1) is 6.21 Å². The second-order valence-corrected chi connectivity index (χ2v) is 5.72. The van der Waals surface area contributed by atoms with Crippen LogP contribution in [0.25, 0.3) is 0 Å². The van der Waals surface area contributed by atoms with Gasteiger partial charge in [-0.15, -0.1) is 17.5 Å². The fraction of sp³-hybridized carbons (Fsp3) is 0.0667. The van der Waals surface area contributed by atoms with E-state index in [4.69, 9.17) is 27.8 Å². The molecule has 4 N–H and O–H groups in total. The van der Waals surface area contributed by atoms with Gasteiger partial charge in [0.25, 0.3) is 0 Å². The van der Waals surface area contributed by atoms with Gasteiger partial charge in [0, 0.05) is 15.1 Å². The Bertz CT molecular complexity index is 701. The van der Waals surface area contributed by atoms with Crippen molar-refractivity contribution in [3.05, 3.63) is 63.1 Å². The van der Waals surface area contributed by atoms with Crippen LogP contribution in [0.3, 0.4) is 0 Å². The lowest BCUT2D eigenvalue weighted by Crippen LogP contribution is -2.21. The SMILES string of the molecule is Cl.NC(N)=N/N=C/c1cc(Br)ccc1OCc1ccc(Cl)cc1. The lowest BCUT2D eigenvalue weighted by molar-refractivity contribution is 0.306. The summed E-state index contributed by atoms with van der Waals surface area (Å²) in [4.78, 5) is 0. The third-order valence-corrected chi connectivity index (χ3v) is 3.39. The van der Waals surface area contributed by atoms with Crippen molar-refractivity contribution in [2.45, 2.75) is 6.61 Å². The van der Waals surface area contributed by atoms with Crippen molar-refractivity contribution in [1.29, 1.82) is 0 Å². The van der Waals surface area contributed by atoms with Gasteiger partial charge < -0.3 is 16.2 Å². The molecular formula is C15H15BrCl2N4O. The molecule has 0 heterocycles. The monoisotopic (exact) mass is 416 g/mol. The highest BCUT2D eigenvalue weighted by Gasteiger charge is 2.04. The van der Waals surface area contributed by atoms with Gasteiger partial charge in [0.2, 0.25) is 5.96 Å². The molecule has 0 aromatic heterocycles. The Hall–Kier alpha value is -1.76. The van der Waals surface area contributed by atoms with Gasteiger partial charge in [-0.3, -0.25) is 0 Å². The third-order valence-electron chi connectivity index (χ3n) is 2.65. The van der Waals surface area contributed by atoms with E-state index in [9.17, 15) is 0 Å². The van der Waals surface area contributed by atoms with Crippen LogP contribution in [-0.2, 0) is 6.61 Å². The van der Waals surface area contributed by atoms with Gasteiger partial charge in [-0.1, -0.05) is 39.7 Å². The predicted octanol–water partition coefficient (Wildman–Crippen LogP) is 3.71. The van der Waals surface area contributed by atoms with Crippen molar-refractivity contribution in [1.82, 2.24) is 0 Å². The minimum atomic E-state index is -0.102. The maximum absolute atomic E-state index is 5.86. The number of benzene rings is 2. The molecule has 0 radical (unpaired) electrons. The lowest BCUT2D eigenvalue weighted by Gasteiger charge is -2.09. The molecule has 8 heteroatoms. The molecule has 0 spiro atoms. The molecule has 0 aliphatic heterocycles. The molecule has 5 nitrogen and oxygen atoms in total. The molecule has 0 saturated carbocycles. The molecule has 2 rings (SSSR count). The molecule has 0 saturated heterocycles. The van der Waals surface area contributed by atoms with E-state index >= 15 is 0 Å². The Labute approximate surface area is 153 Å². The van der Waals surface area contributed by atoms with Gasteiger partial charge in [-0.25, -0.2) is 0 Å². The van der Waals surface area contributed by atoms with E-state index in [1.165, 1.54) is 6.21 Å². The average Bonchev–Trinajstić information content (AvgIpc) is 2.48. The van der Waals surface area contributed by atoms with Gasteiger partial charge >= 0.3 is 0 Å². The highest BCUT2D eigenvalue weighted by molar-refractivity contribution is 9.10. The van der Waals surface area contributed by atoms with Crippen molar-refractivity contribution >= 4 is 52.1 Å². The van der Waals surface area contributed by atoms with E-state index in [1.54, 1.807) is 0 Å². The highest BCUT2D eigenvalue weighted by Crippen LogP contribution is 2.23. The van der Waals surface area contributed by atoms with Crippen LogP contribution < -0.4 is 16.2 Å². The number of nitrogens with two attached hydrogens (primary N) is 2. The normalized spacial score (nSPS) is 10.2. The predicted molar refractivity (Wildman–Crippen MR) is 101 cm³/mol. The second kappa shape index (κ2) is 9.39. The van der Waals surface area contributed by atoms with Gasteiger partial charge in [-0.05, 0) is 35.9 Å². The maximum Gasteiger partial charge on any atom is 0.211 e. The zero-order valence-corrected chi connectivity index (χ0v) is 15.1. The number of hydrogen-bond donors (Lipinski definition) is 2. The number of halogens is 3. The average molecular weight is 418 g/mol. The fourth-order valence-corrected chi connectivity index (χ4v) is 2.16. The first-order chi connectivity index (χ1) is 10.5. The molecule has 0 fully saturated rings. The number of ether oxygens (including phenoxy) is 1. The molecule has 23 heavy (non-hydrogen) atoms. The lowest BCUT2D eigenvalue weighted by atomic mass is 10.2. The van der Waals surface area contributed by atoms with E-state index in [0.29, 0.717) is 17.4 Å². The molecule has 0 bridgehead atoms. The van der Waals surface area contributed by atoms with E-state index in [-0.39, 0.29) is 18.4 Å². The van der Waals surface area contributed by atoms with Gasteiger partial charge in [0.1, 0.15) is 12.4 Å². The van der Waals surface area contributed by atoms with Crippen molar-refractivity contribution in [3.8, 4) is 5.75 Å². The Morgan fingerprint density at radius 1 is 1.17 bits per heavy atom. The van der Waals surface area contributed by atoms with Gasteiger partial charge in [0.15, 0.2) is 0 Å². The van der Waals surface area contributed by atoms with Crippen LogP contribution in [-0.4, -0.2) is 12.2 Å². The summed E-state index contributed by atoms with van der Waals surface area (Å²) in [5.74, 6) is 0.572. The first-order valence-corrected chi connectivity index (χ1v) is 7.50. The Balaban J connectivity index is 0.00000264. The van der Waals surface area contributed by atoms with Crippen LogP contribution in [0, 0.1) is 0 Å². The van der Waals surface area contributed by atoms with Crippen LogP contribution in [0.4, 0.5) is 0 Å². The molecule has 122 valence electrons. The molecule has 0 unspecified atom stereocenters. The van der Waals surface area contributed by atoms with E-state index < -0.39 is 0 Å². The number of rotatable bonds is 5. The highest BCUT2D eigenvalue weighted by atomic mass is 79.9. The summed E-state index contributed by atoms with van der Waals surface area (Å²) in [5, 5.41) is 8.07. The minimum Gasteiger partial charge on any atom is -0.488 e. The topological polar surface area (TPSA) is 86.0 Å². The summed E-state index contributed by atoms with van der Waals surface area (Å²) in [6.45, 7) is 0.419. The van der Waals surface area contributed by atoms with Crippen molar-refractivity contribution in [2.24, 2.45) is 21.7 Å². The Morgan fingerprint density at radius 3 is 2.52 bits per heavy atom. The van der Waals surface area contributed by atoms with E-state index in [2.05, 4.69) is 26.1 Å². The third kappa shape index (κ3) is 6.48. The molecular weight excluding hydrogens is 403 g/mol. The molecule has 0 aliphatic rings. The summed E-state index contributed by atoms with van der Waals surface area (Å²) in [7, 11) is 0. The summed E-state index contributed by atoms with van der Waals surface area (Å²) in [5.41, 5.74) is 12.2. The van der Waals surface area contributed by atoms with E-state index in [1.807, 2.05) is 42.5 Å². The summed E-state index contributed by atoms with van der Waals surface area (Å²) < 4.78 is 6.71. The molecule has 0 amide bonds. The quantitative estimate of drug-likeness (QED) is 0.441. The van der Waals surface area contributed by atoms with Crippen LogP contribution >= 0.6 is 39.9 Å². The van der Waals surface area contributed by atoms with E-state index in [0.717, 1.165) is 15.6 Å². The Morgan fingerprint density at radius 2 is 1.87 bits per heavy atom. The molecule has 0 aliphatic carbocycles. The zero-order chi connectivity index (χ0) is 15.9. The maximum atomic E-state index is 5.86. The van der Waals surface area contributed by atoms with Gasteiger partial charge in [-0.2, -0.15) is 5.10 Å². The first-order valence-electron chi connectivity index (χ1n) is 6.33. The fourth-order valence-electron chi connectivity index (χ4n) is 1.65. The molecule has 2 aromatic carbocycles. The number of guanidine groups is 1. The molecule has 2 aromatic rings. The van der Waals surface area contributed by atoms with Crippen LogP contribution in [0.5, 0.6) is 5.75 Å². The van der Waals surface area contributed by atoms with Crippen molar-refractivity contribution in [2.75, 3.05) is 0 Å². The molecule has 0 atom stereocenters. The summed E-state index contributed by atoms with van der Waals surface area (Å²) in [6, 6.07) is 13.1.